The molecule has 0 saturated carbocycles. The van der Waals surface area contributed by atoms with E-state index in [9.17, 15) is 0 Å². The number of hydrogen-bond donors (Lipinski definition) is 0. The van der Waals surface area contributed by atoms with Crippen molar-refractivity contribution in [3.63, 3.8) is 0 Å². The maximum absolute atomic E-state index is 4.37. The molecule has 0 fully saturated rings. The predicted molar refractivity (Wildman–Crippen MR) is 87.1 cm³/mol. The first-order valence-electron chi connectivity index (χ1n) is 7.14. The van der Waals surface area contributed by atoms with Crippen LogP contribution in [0, 0.1) is 0 Å². The minimum Gasteiger partial charge on any atom is -0.265 e. The van der Waals surface area contributed by atoms with Crippen molar-refractivity contribution in [3.8, 4) is 11.1 Å². The van der Waals surface area contributed by atoms with E-state index in [-0.39, 0.29) is 0 Å². The second kappa shape index (κ2) is 4.71. The molecule has 0 atom stereocenters. The molecule has 1 aromatic heterocycles. The smallest absolute Gasteiger partial charge is 0.0273 e. The van der Waals surface area contributed by atoms with E-state index in [4.69, 9.17) is 0 Å². The van der Waals surface area contributed by atoms with E-state index < -0.39 is 0 Å². The Balaban J connectivity index is 1.95. The van der Waals surface area contributed by atoms with E-state index in [2.05, 4.69) is 66.2 Å². The molecule has 1 aliphatic rings. The Kier molecular flexibility index (Phi) is 2.71. The molecule has 1 aliphatic carbocycles. The highest BCUT2D eigenvalue weighted by atomic mass is 14.6. The summed E-state index contributed by atoms with van der Waals surface area (Å²) < 4.78 is 0. The van der Waals surface area contributed by atoms with Gasteiger partial charge in [0.15, 0.2) is 0 Å². The van der Waals surface area contributed by atoms with Crippen LogP contribution in [0.3, 0.4) is 0 Å². The molecule has 21 heavy (non-hydrogen) atoms. The van der Waals surface area contributed by atoms with Crippen LogP contribution >= 0.6 is 0 Å². The van der Waals surface area contributed by atoms with Crippen molar-refractivity contribution in [3.05, 3.63) is 95.8 Å². The Hall–Kier alpha value is -2.67. The van der Waals surface area contributed by atoms with Gasteiger partial charge in [0.25, 0.3) is 0 Å². The van der Waals surface area contributed by atoms with Crippen molar-refractivity contribution < 1.29 is 0 Å². The van der Waals surface area contributed by atoms with Crippen molar-refractivity contribution >= 4 is 5.57 Å². The van der Waals surface area contributed by atoms with Crippen LogP contribution in [0.25, 0.3) is 16.7 Å². The molecule has 0 aliphatic heterocycles. The van der Waals surface area contributed by atoms with Gasteiger partial charge in [-0.15, -0.1) is 0 Å². The van der Waals surface area contributed by atoms with Gasteiger partial charge in [0.1, 0.15) is 0 Å². The average molecular weight is 269 g/mol. The van der Waals surface area contributed by atoms with Gasteiger partial charge in [0.05, 0.1) is 0 Å². The van der Waals surface area contributed by atoms with Crippen LogP contribution in [0.15, 0.2) is 73.6 Å². The number of nitrogens with zero attached hydrogens (tertiary/aromatic N) is 1. The molecule has 0 spiro atoms. The monoisotopic (exact) mass is 269 g/mol. The summed E-state index contributed by atoms with van der Waals surface area (Å²) in [5, 5.41) is 0. The first-order chi connectivity index (χ1) is 10.3. The van der Waals surface area contributed by atoms with Crippen molar-refractivity contribution in [2.24, 2.45) is 0 Å². The number of pyridine rings is 1. The molecule has 3 aromatic rings. The van der Waals surface area contributed by atoms with Crippen LogP contribution < -0.4 is 0 Å². The first-order valence-corrected chi connectivity index (χ1v) is 7.14. The molecule has 4 rings (SSSR count). The van der Waals surface area contributed by atoms with E-state index in [1.807, 2.05) is 12.4 Å². The number of fused-ring (bicyclic) bond motifs is 2. The van der Waals surface area contributed by atoms with Gasteiger partial charge in [0.2, 0.25) is 0 Å². The summed E-state index contributed by atoms with van der Waals surface area (Å²) in [4.78, 5) is 4.12. The maximum Gasteiger partial charge on any atom is 0.0273 e. The van der Waals surface area contributed by atoms with Crippen LogP contribution in [0.4, 0.5) is 0 Å². The van der Waals surface area contributed by atoms with Gasteiger partial charge in [-0.3, -0.25) is 4.98 Å². The van der Waals surface area contributed by atoms with Gasteiger partial charge in [-0.25, -0.2) is 0 Å². The van der Waals surface area contributed by atoms with Crippen LogP contribution in [-0.4, -0.2) is 4.98 Å². The number of aromatic nitrogens is 1. The maximum atomic E-state index is 4.37. The summed E-state index contributed by atoms with van der Waals surface area (Å²) in [5.41, 5.74) is 8.83. The van der Waals surface area contributed by atoms with E-state index >= 15 is 0 Å². The highest BCUT2D eigenvalue weighted by Crippen LogP contribution is 2.40. The first kappa shape index (κ1) is 12.1. The molecular formula is C20H15N. The Morgan fingerprint density at radius 1 is 0.762 bits per heavy atom. The number of rotatable bonds is 1. The summed E-state index contributed by atoms with van der Waals surface area (Å²) in [6.07, 6.45) is 4.66. The second-order valence-electron chi connectivity index (χ2n) is 5.39. The molecule has 2 aromatic carbocycles. The number of hydrogen-bond acceptors (Lipinski definition) is 1. The molecule has 0 radical (unpaired) electrons. The van der Waals surface area contributed by atoms with Crippen LogP contribution in [0.1, 0.15) is 22.3 Å². The zero-order chi connectivity index (χ0) is 14.2. The van der Waals surface area contributed by atoms with Crippen LogP contribution in [0.2, 0.25) is 0 Å². The fourth-order valence-corrected chi connectivity index (χ4v) is 3.18. The zero-order valence-electron chi connectivity index (χ0n) is 11.7. The molecule has 0 N–H and O–H groups in total. The number of benzene rings is 2. The third-order valence-electron chi connectivity index (χ3n) is 4.17. The SMILES string of the molecule is C=C1c2ccccc2Cc2cccc(-c3ccncc3)c21. The standard InChI is InChI=1S/C20H15N/c1-14-18-7-3-2-5-16(18)13-17-6-4-8-19(20(14)17)15-9-11-21-12-10-15/h2-12H,1,13H2. The third kappa shape index (κ3) is 1.90. The van der Waals surface area contributed by atoms with Crippen molar-refractivity contribution in [1.29, 1.82) is 0 Å². The summed E-state index contributed by atoms with van der Waals surface area (Å²) >= 11 is 0. The van der Waals surface area contributed by atoms with Crippen molar-refractivity contribution in [2.45, 2.75) is 6.42 Å². The van der Waals surface area contributed by atoms with E-state index in [0.717, 1.165) is 12.0 Å². The lowest BCUT2D eigenvalue weighted by molar-refractivity contribution is 1.14. The predicted octanol–water partition coefficient (Wildman–Crippen LogP) is 4.71. The quantitative estimate of drug-likeness (QED) is 0.487. The Labute approximate surface area is 124 Å². The fourth-order valence-electron chi connectivity index (χ4n) is 3.18. The Bertz CT molecular complexity index is 831. The summed E-state index contributed by atoms with van der Waals surface area (Å²) in [6, 6.07) is 19.2. The highest BCUT2D eigenvalue weighted by Gasteiger charge is 2.21. The zero-order valence-corrected chi connectivity index (χ0v) is 11.7. The molecule has 100 valence electrons. The minimum absolute atomic E-state index is 0.976. The molecular weight excluding hydrogens is 254 g/mol. The van der Waals surface area contributed by atoms with Gasteiger partial charge in [-0.05, 0) is 57.5 Å². The summed E-state index contributed by atoms with van der Waals surface area (Å²) in [7, 11) is 0. The minimum atomic E-state index is 0.976. The largest absolute Gasteiger partial charge is 0.265 e. The van der Waals surface area contributed by atoms with E-state index in [1.165, 1.54) is 33.4 Å². The lowest BCUT2D eigenvalue weighted by Crippen LogP contribution is -2.07. The highest BCUT2D eigenvalue weighted by molar-refractivity contribution is 5.92. The topological polar surface area (TPSA) is 12.9 Å². The van der Waals surface area contributed by atoms with Gasteiger partial charge in [-0.2, -0.15) is 0 Å². The van der Waals surface area contributed by atoms with Gasteiger partial charge < -0.3 is 0 Å². The summed E-state index contributed by atoms with van der Waals surface area (Å²) in [5.74, 6) is 0. The van der Waals surface area contributed by atoms with Crippen molar-refractivity contribution in [2.75, 3.05) is 0 Å². The molecule has 1 heterocycles. The molecule has 0 bridgehead atoms. The summed E-state index contributed by atoms with van der Waals surface area (Å²) in [6.45, 7) is 4.37. The van der Waals surface area contributed by atoms with E-state index in [1.54, 1.807) is 0 Å². The average Bonchev–Trinajstić information content (AvgIpc) is 2.55. The molecule has 1 heteroatoms. The van der Waals surface area contributed by atoms with Gasteiger partial charge in [0, 0.05) is 12.4 Å². The van der Waals surface area contributed by atoms with E-state index in [0.29, 0.717) is 0 Å². The van der Waals surface area contributed by atoms with Crippen LogP contribution in [-0.2, 0) is 6.42 Å². The fraction of sp³-hybridized carbons (Fsp3) is 0.0500. The van der Waals surface area contributed by atoms with Gasteiger partial charge in [-0.1, -0.05) is 49.0 Å². The molecule has 0 saturated heterocycles. The molecule has 0 amide bonds. The van der Waals surface area contributed by atoms with Gasteiger partial charge >= 0.3 is 0 Å². The molecule has 1 nitrogen and oxygen atoms in total. The normalized spacial score (nSPS) is 12.7. The third-order valence-corrected chi connectivity index (χ3v) is 4.17. The molecule has 0 unspecified atom stereocenters. The van der Waals surface area contributed by atoms with Crippen LogP contribution in [0.5, 0.6) is 0 Å². The van der Waals surface area contributed by atoms with Crippen molar-refractivity contribution in [1.82, 2.24) is 4.98 Å². The lowest BCUT2D eigenvalue weighted by atomic mass is 9.79. The lowest BCUT2D eigenvalue weighted by Gasteiger charge is -2.24. The second-order valence-corrected chi connectivity index (χ2v) is 5.39. The Morgan fingerprint density at radius 2 is 1.48 bits per heavy atom. The Morgan fingerprint density at radius 3 is 2.33 bits per heavy atom.